The summed E-state index contributed by atoms with van der Waals surface area (Å²) in [4.78, 5) is 30.7. The minimum atomic E-state index is -0.255. The minimum Gasteiger partial charge on any atom is -0.374 e. The van der Waals surface area contributed by atoms with Crippen LogP contribution in [0.1, 0.15) is 20.3 Å². The van der Waals surface area contributed by atoms with Crippen molar-refractivity contribution in [3.8, 4) is 0 Å². The number of benzene rings is 1. The Balaban J connectivity index is 1.91. The Morgan fingerprint density at radius 2 is 2.11 bits per heavy atom. The summed E-state index contributed by atoms with van der Waals surface area (Å²) in [7, 11) is 0. The van der Waals surface area contributed by atoms with E-state index in [2.05, 4.69) is 23.1 Å². The van der Waals surface area contributed by atoms with Crippen LogP contribution in [0.3, 0.4) is 0 Å². The number of carbonyl (C=O) groups is 2. The highest BCUT2D eigenvalue weighted by Gasteiger charge is 2.20. The Kier molecular flexibility index (Phi) is 8.60. The van der Waals surface area contributed by atoms with Gasteiger partial charge in [-0.05, 0) is 55.5 Å². The Morgan fingerprint density at radius 1 is 1.36 bits per heavy atom. The number of nitrogens with zero attached hydrogens (tertiary/aromatic N) is 2. The largest absolute Gasteiger partial charge is 0.374 e. The summed E-state index contributed by atoms with van der Waals surface area (Å²) >= 11 is 3.07. The number of imide groups is 1. The zero-order chi connectivity index (χ0) is 20.5. The standard InChI is InChI=1S/C21H25N3O2S2/c1-15(2)24(14-25)21(26)20(27-4)12-16-9-10-17(11-16)28-13-23-19-8-6-5-7-18(19)22-3/h5-10,12,14-15,23H,3,11,13H2,1-2,4H3/b20-12-. The van der Waals surface area contributed by atoms with Crippen molar-refractivity contribution in [3.63, 3.8) is 0 Å². The van der Waals surface area contributed by atoms with E-state index in [1.165, 1.54) is 21.6 Å². The molecule has 0 aliphatic heterocycles. The van der Waals surface area contributed by atoms with Gasteiger partial charge >= 0.3 is 0 Å². The van der Waals surface area contributed by atoms with Crippen LogP contribution in [0.15, 0.2) is 62.9 Å². The zero-order valence-electron chi connectivity index (χ0n) is 16.3. The van der Waals surface area contributed by atoms with Crippen LogP contribution in [0.2, 0.25) is 0 Å². The molecule has 148 valence electrons. The fourth-order valence-electron chi connectivity index (χ4n) is 2.59. The van der Waals surface area contributed by atoms with Gasteiger partial charge in [-0.15, -0.1) is 23.5 Å². The number of anilines is 1. The highest BCUT2D eigenvalue weighted by atomic mass is 32.2. The summed E-state index contributed by atoms with van der Waals surface area (Å²) < 4.78 is 0. The van der Waals surface area contributed by atoms with Gasteiger partial charge in [0.1, 0.15) is 0 Å². The molecular formula is C21H25N3O2S2. The van der Waals surface area contributed by atoms with Crippen molar-refractivity contribution in [1.29, 1.82) is 0 Å². The predicted molar refractivity (Wildman–Crippen MR) is 122 cm³/mol. The summed E-state index contributed by atoms with van der Waals surface area (Å²) in [5.74, 6) is 0.457. The monoisotopic (exact) mass is 415 g/mol. The molecule has 0 heterocycles. The number of aliphatic imine (C=N–C) groups is 1. The van der Waals surface area contributed by atoms with E-state index < -0.39 is 0 Å². The predicted octanol–water partition coefficient (Wildman–Crippen LogP) is 4.98. The number of allylic oxidation sites excluding steroid dienone is 5. The molecule has 1 aromatic rings. The van der Waals surface area contributed by atoms with Crippen LogP contribution >= 0.6 is 23.5 Å². The molecule has 2 amide bonds. The zero-order valence-corrected chi connectivity index (χ0v) is 18.0. The molecule has 1 aliphatic carbocycles. The van der Waals surface area contributed by atoms with E-state index in [4.69, 9.17) is 0 Å². The van der Waals surface area contributed by atoms with Crippen molar-refractivity contribution >= 4 is 53.9 Å². The molecule has 0 atom stereocenters. The van der Waals surface area contributed by atoms with E-state index in [0.717, 1.165) is 23.4 Å². The average Bonchev–Trinajstić information content (AvgIpc) is 3.14. The van der Waals surface area contributed by atoms with E-state index in [0.29, 0.717) is 17.2 Å². The molecule has 1 aromatic carbocycles. The summed E-state index contributed by atoms with van der Waals surface area (Å²) in [6.07, 6.45) is 9.18. The number of amides is 2. The maximum absolute atomic E-state index is 12.5. The molecule has 5 nitrogen and oxygen atoms in total. The molecule has 0 bridgehead atoms. The Morgan fingerprint density at radius 3 is 2.75 bits per heavy atom. The first-order valence-corrected chi connectivity index (χ1v) is 11.1. The molecule has 0 fully saturated rings. The van der Waals surface area contributed by atoms with Crippen LogP contribution in [-0.4, -0.2) is 42.1 Å². The van der Waals surface area contributed by atoms with Gasteiger partial charge in [0.25, 0.3) is 5.91 Å². The Labute approximate surface area is 175 Å². The maximum Gasteiger partial charge on any atom is 0.266 e. The summed E-state index contributed by atoms with van der Waals surface area (Å²) in [5.41, 5.74) is 2.84. The molecule has 28 heavy (non-hydrogen) atoms. The molecule has 0 saturated carbocycles. The van der Waals surface area contributed by atoms with E-state index in [1.54, 1.807) is 11.8 Å². The van der Waals surface area contributed by atoms with Crippen LogP contribution in [0.25, 0.3) is 0 Å². The number of carbonyl (C=O) groups excluding carboxylic acids is 2. The van der Waals surface area contributed by atoms with Crippen molar-refractivity contribution in [3.05, 3.63) is 57.9 Å². The number of thioether (sulfide) groups is 2. The topological polar surface area (TPSA) is 61.8 Å². The number of hydrogen-bond donors (Lipinski definition) is 1. The second-order valence-electron chi connectivity index (χ2n) is 6.32. The first kappa shape index (κ1) is 22.0. The Bertz CT molecular complexity index is 829. The highest BCUT2D eigenvalue weighted by molar-refractivity contribution is 8.03. The van der Waals surface area contributed by atoms with Gasteiger partial charge in [-0.1, -0.05) is 24.3 Å². The lowest BCUT2D eigenvalue weighted by molar-refractivity contribution is -0.136. The SMILES string of the molecule is C=Nc1ccccc1NCSC1=CC=C(/C=C(\SC)C(=O)N(C=O)C(C)C)C1. The fourth-order valence-corrected chi connectivity index (χ4v) is 3.99. The first-order chi connectivity index (χ1) is 13.5. The summed E-state index contributed by atoms with van der Waals surface area (Å²) in [6, 6.07) is 7.62. The molecule has 1 N–H and O–H groups in total. The molecule has 0 unspecified atom stereocenters. The third-order valence-corrected chi connectivity index (χ3v) is 5.78. The van der Waals surface area contributed by atoms with E-state index in [1.807, 2.05) is 56.5 Å². The normalized spacial score (nSPS) is 13.8. The third kappa shape index (κ3) is 5.87. The summed E-state index contributed by atoms with van der Waals surface area (Å²) in [5, 5.41) is 3.36. The number of hydrogen-bond acceptors (Lipinski definition) is 6. The van der Waals surface area contributed by atoms with Crippen LogP contribution in [-0.2, 0) is 9.59 Å². The van der Waals surface area contributed by atoms with E-state index >= 15 is 0 Å². The highest BCUT2D eigenvalue weighted by Crippen LogP contribution is 2.32. The second kappa shape index (κ2) is 10.9. The van der Waals surface area contributed by atoms with Gasteiger partial charge < -0.3 is 5.32 Å². The van der Waals surface area contributed by atoms with Crippen LogP contribution in [0, 0.1) is 0 Å². The van der Waals surface area contributed by atoms with Gasteiger partial charge in [0.05, 0.1) is 22.2 Å². The van der Waals surface area contributed by atoms with E-state index in [9.17, 15) is 9.59 Å². The molecule has 0 radical (unpaired) electrons. The molecule has 2 rings (SSSR count). The number of rotatable bonds is 10. The van der Waals surface area contributed by atoms with Gasteiger partial charge in [0, 0.05) is 12.5 Å². The van der Waals surface area contributed by atoms with Crippen molar-refractivity contribution in [2.75, 3.05) is 17.4 Å². The average molecular weight is 416 g/mol. The summed E-state index contributed by atoms with van der Waals surface area (Å²) in [6.45, 7) is 7.23. The van der Waals surface area contributed by atoms with Gasteiger partial charge in [0.2, 0.25) is 6.41 Å². The molecule has 1 aliphatic rings. The molecule has 0 saturated heterocycles. The minimum absolute atomic E-state index is 0.165. The lowest BCUT2D eigenvalue weighted by Crippen LogP contribution is -2.36. The molecule has 0 spiro atoms. The molecule has 0 aromatic heterocycles. The van der Waals surface area contributed by atoms with Crippen LogP contribution < -0.4 is 5.32 Å². The van der Waals surface area contributed by atoms with Crippen molar-refractivity contribution in [2.45, 2.75) is 26.3 Å². The first-order valence-electron chi connectivity index (χ1n) is 8.86. The second-order valence-corrected chi connectivity index (χ2v) is 8.27. The lowest BCUT2D eigenvalue weighted by atomic mass is 10.2. The van der Waals surface area contributed by atoms with E-state index in [-0.39, 0.29) is 11.9 Å². The number of nitrogens with one attached hydrogen (secondary N) is 1. The third-order valence-electron chi connectivity index (χ3n) is 4.11. The van der Waals surface area contributed by atoms with Gasteiger partial charge in [-0.2, -0.15) is 0 Å². The van der Waals surface area contributed by atoms with Crippen molar-refractivity contribution in [1.82, 2.24) is 4.90 Å². The van der Waals surface area contributed by atoms with Crippen molar-refractivity contribution < 1.29 is 9.59 Å². The maximum atomic E-state index is 12.5. The number of para-hydroxylation sites is 2. The molecule has 7 heteroatoms. The Hall–Kier alpha value is -2.25. The van der Waals surface area contributed by atoms with Crippen LogP contribution in [0.4, 0.5) is 11.4 Å². The fraction of sp³-hybridized carbons (Fsp3) is 0.286. The van der Waals surface area contributed by atoms with Crippen LogP contribution in [0.5, 0.6) is 0 Å². The quantitative estimate of drug-likeness (QED) is 0.253. The smallest absolute Gasteiger partial charge is 0.266 e. The molecular weight excluding hydrogens is 390 g/mol. The van der Waals surface area contributed by atoms with Crippen molar-refractivity contribution in [2.24, 2.45) is 4.99 Å². The van der Waals surface area contributed by atoms with Gasteiger partial charge in [-0.3, -0.25) is 19.5 Å². The van der Waals surface area contributed by atoms with Gasteiger partial charge in [0.15, 0.2) is 0 Å². The van der Waals surface area contributed by atoms with Gasteiger partial charge in [-0.25, -0.2) is 0 Å². The lowest BCUT2D eigenvalue weighted by Gasteiger charge is -2.20.